The second kappa shape index (κ2) is 4.62. The van der Waals surface area contributed by atoms with Crippen LogP contribution in [0.3, 0.4) is 0 Å². The summed E-state index contributed by atoms with van der Waals surface area (Å²) < 4.78 is 0. The maximum Gasteiger partial charge on any atom is 0.288 e. The first-order valence-corrected chi connectivity index (χ1v) is 7.21. The average molecular weight is 281 g/mol. The van der Waals surface area contributed by atoms with Crippen molar-refractivity contribution in [3.05, 3.63) is 15.6 Å². The van der Waals surface area contributed by atoms with Crippen LogP contribution >= 0.6 is 22.7 Å². The van der Waals surface area contributed by atoms with Crippen LogP contribution < -0.4 is 10.6 Å². The van der Waals surface area contributed by atoms with Gasteiger partial charge in [0.05, 0.1) is 5.69 Å². The fourth-order valence-corrected chi connectivity index (χ4v) is 3.45. The summed E-state index contributed by atoms with van der Waals surface area (Å²) in [4.78, 5) is 17.6. The van der Waals surface area contributed by atoms with Crippen LogP contribution in [-0.4, -0.2) is 28.1 Å². The lowest BCUT2D eigenvalue weighted by molar-refractivity contribution is 0.102. The SMILES string of the molecule is CNc1nnc(C(=O)Nc2nc3c(s2)CCC3)s1. The molecule has 2 N–H and O–H groups in total. The van der Waals surface area contributed by atoms with Gasteiger partial charge in [-0.2, -0.15) is 0 Å². The molecule has 0 saturated heterocycles. The van der Waals surface area contributed by atoms with Crippen LogP contribution in [-0.2, 0) is 12.8 Å². The van der Waals surface area contributed by atoms with E-state index in [0.29, 0.717) is 15.3 Å². The van der Waals surface area contributed by atoms with E-state index < -0.39 is 0 Å². The van der Waals surface area contributed by atoms with Crippen molar-refractivity contribution in [3.63, 3.8) is 0 Å². The van der Waals surface area contributed by atoms with Crippen molar-refractivity contribution in [1.29, 1.82) is 0 Å². The Bertz CT molecular complexity index is 569. The third-order valence-electron chi connectivity index (χ3n) is 2.65. The van der Waals surface area contributed by atoms with Crippen LogP contribution in [0.2, 0.25) is 0 Å². The maximum absolute atomic E-state index is 11.9. The van der Waals surface area contributed by atoms with E-state index >= 15 is 0 Å². The minimum Gasteiger partial charge on any atom is -0.363 e. The number of hydrogen-bond donors (Lipinski definition) is 2. The number of nitrogens with zero attached hydrogens (tertiary/aromatic N) is 3. The highest BCUT2D eigenvalue weighted by Crippen LogP contribution is 2.30. The van der Waals surface area contributed by atoms with Gasteiger partial charge in [0, 0.05) is 11.9 Å². The summed E-state index contributed by atoms with van der Waals surface area (Å²) in [6.07, 6.45) is 3.26. The molecule has 0 unspecified atom stereocenters. The summed E-state index contributed by atoms with van der Waals surface area (Å²) in [6.45, 7) is 0. The maximum atomic E-state index is 11.9. The molecule has 1 aliphatic rings. The zero-order chi connectivity index (χ0) is 12.5. The van der Waals surface area contributed by atoms with Crippen molar-refractivity contribution >= 4 is 38.8 Å². The Morgan fingerprint density at radius 1 is 1.22 bits per heavy atom. The molecular weight excluding hydrogens is 270 g/mol. The van der Waals surface area contributed by atoms with Gasteiger partial charge in [-0.3, -0.25) is 10.1 Å². The molecule has 2 aromatic rings. The number of thiazole rings is 1. The minimum atomic E-state index is -0.249. The van der Waals surface area contributed by atoms with Crippen molar-refractivity contribution in [2.75, 3.05) is 17.7 Å². The van der Waals surface area contributed by atoms with Gasteiger partial charge in [0.15, 0.2) is 5.13 Å². The van der Waals surface area contributed by atoms with Crippen molar-refractivity contribution in [2.24, 2.45) is 0 Å². The highest BCUT2D eigenvalue weighted by Gasteiger charge is 2.19. The molecule has 0 radical (unpaired) electrons. The van der Waals surface area contributed by atoms with Crippen molar-refractivity contribution in [3.8, 4) is 0 Å². The molecule has 0 fully saturated rings. The van der Waals surface area contributed by atoms with E-state index in [1.807, 2.05) is 0 Å². The van der Waals surface area contributed by atoms with Gasteiger partial charge in [-0.15, -0.1) is 21.5 Å². The Kier molecular flexibility index (Phi) is 2.96. The summed E-state index contributed by atoms with van der Waals surface area (Å²) >= 11 is 2.78. The molecule has 2 aromatic heterocycles. The number of anilines is 2. The number of rotatable bonds is 3. The Labute approximate surface area is 111 Å². The van der Waals surface area contributed by atoms with Gasteiger partial charge in [-0.1, -0.05) is 11.3 Å². The molecule has 1 amide bonds. The van der Waals surface area contributed by atoms with Gasteiger partial charge in [-0.25, -0.2) is 4.98 Å². The molecule has 0 saturated carbocycles. The fourth-order valence-electron chi connectivity index (χ4n) is 1.81. The van der Waals surface area contributed by atoms with E-state index in [4.69, 9.17) is 0 Å². The quantitative estimate of drug-likeness (QED) is 0.896. The van der Waals surface area contributed by atoms with E-state index in [9.17, 15) is 4.79 Å². The first kappa shape index (κ1) is 11.5. The molecule has 0 bridgehead atoms. The number of amides is 1. The van der Waals surface area contributed by atoms with E-state index in [1.54, 1.807) is 18.4 Å². The van der Waals surface area contributed by atoms with Crippen LogP contribution in [0.25, 0.3) is 0 Å². The summed E-state index contributed by atoms with van der Waals surface area (Å²) in [5.74, 6) is -0.249. The van der Waals surface area contributed by atoms with Gasteiger partial charge in [0.25, 0.3) is 5.91 Å². The number of fused-ring (bicyclic) bond motifs is 1. The lowest BCUT2D eigenvalue weighted by Gasteiger charge is -1.96. The van der Waals surface area contributed by atoms with E-state index in [-0.39, 0.29) is 5.91 Å². The summed E-state index contributed by atoms with van der Waals surface area (Å²) in [6, 6.07) is 0. The number of carbonyl (C=O) groups is 1. The monoisotopic (exact) mass is 281 g/mol. The summed E-state index contributed by atoms with van der Waals surface area (Å²) in [5.41, 5.74) is 1.13. The first-order valence-electron chi connectivity index (χ1n) is 5.57. The molecule has 0 aromatic carbocycles. The topological polar surface area (TPSA) is 79.8 Å². The number of aryl methyl sites for hydroxylation is 2. The van der Waals surface area contributed by atoms with Crippen LogP contribution in [0.5, 0.6) is 0 Å². The molecule has 0 atom stereocenters. The number of nitrogens with one attached hydrogen (secondary N) is 2. The number of hydrogen-bond acceptors (Lipinski definition) is 7. The zero-order valence-corrected chi connectivity index (χ0v) is 11.3. The lowest BCUT2D eigenvalue weighted by Crippen LogP contribution is -2.11. The molecule has 1 aliphatic carbocycles. The van der Waals surface area contributed by atoms with Gasteiger partial charge >= 0.3 is 0 Å². The molecule has 18 heavy (non-hydrogen) atoms. The standard InChI is InChI=1S/C10H11N5OS2/c1-11-9-15-14-8(18-9)7(16)13-10-12-5-3-2-4-6(5)17-10/h2-4H2,1H3,(H,11,15)(H,12,13,16). The molecule has 3 rings (SSSR count). The number of carbonyl (C=O) groups excluding carboxylic acids is 1. The van der Waals surface area contributed by atoms with Crippen LogP contribution in [0.4, 0.5) is 10.3 Å². The van der Waals surface area contributed by atoms with Crippen molar-refractivity contribution < 1.29 is 4.79 Å². The average Bonchev–Trinajstić information content (AvgIpc) is 3.02. The van der Waals surface area contributed by atoms with Gasteiger partial charge < -0.3 is 5.32 Å². The van der Waals surface area contributed by atoms with Crippen molar-refractivity contribution in [2.45, 2.75) is 19.3 Å². The second-order valence-electron chi connectivity index (χ2n) is 3.86. The molecule has 0 spiro atoms. The van der Waals surface area contributed by atoms with Crippen LogP contribution in [0.1, 0.15) is 26.8 Å². The Balaban J connectivity index is 1.73. The third-order valence-corrected chi connectivity index (χ3v) is 4.66. The second-order valence-corrected chi connectivity index (χ2v) is 5.92. The largest absolute Gasteiger partial charge is 0.363 e. The zero-order valence-electron chi connectivity index (χ0n) is 9.69. The summed E-state index contributed by atoms with van der Waals surface area (Å²) in [7, 11) is 1.74. The molecular formula is C10H11N5OS2. The third kappa shape index (κ3) is 2.08. The predicted octanol–water partition coefficient (Wildman–Crippen LogP) is 1.78. The minimum absolute atomic E-state index is 0.249. The van der Waals surface area contributed by atoms with Gasteiger partial charge in [0.2, 0.25) is 10.1 Å². The predicted molar refractivity (Wildman–Crippen MR) is 71.5 cm³/mol. The van der Waals surface area contributed by atoms with Crippen LogP contribution in [0, 0.1) is 0 Å². The Morgan fingerprint density at radius 3 is 2.83 bits per heavy atom. The molecule has 2 heterocycles. The highest BCUT2D eigenvalue weighted by molar-refractivity contribution is 7.17. The Hall–Kier alpha value is -1.54. The molecule has 8 heteroatoms. The molecule has 6 nitrogen and oxygen atoms in total. The Morgan fingerprint density at radius 2 is 2.11 bits per heavy atom. The lowest BCUT2D eigenvalue weighted by atomic mass is 10.4. The number of aromatic nitrogens is 3. The van der Waals surface area contributed by atoms with Gasteiger partial charge in [-0.05, 0) is 19.3 Å². The fraction of sp³-hybridized carbons (Fsp3) is 0.400. The molecule has 94 valence electrons. The van der Waals surface area contributed by atoms with Crippen molar-refractivity contribution in [1.82, 2.24) is 15.2 Å². The van der Waals surface area contributed by atoms with E-state index in [2.05, 4.69) is 25.8 Å². The van der Waals surface area contributed by atoms with Gasteiger partial charge in [0.1, 0.15) is 0 Å². The molecule has 0 aliphatic heterocycles. The first-order chi connectivity index (χ1) is 8.76. The van der Waals surface area contributed by atoms with Crippen LogP contribution in [0.15, 0.2) is 0 Å². The highest BCUT2D eigenvalue weighted by atomic mass is 32.1. The smallest absolute Gasteiger partial charge is 0.288 e. The normalized spacial score (nSPS) is 13.4. The van der Waals surface area contributed by atoms with E-state index in [1.165, 1.54) is 22.6 Å². The summed E-state index contributed by atoms with van der Waals surface area (Å²) in [5, 5.41) is 14.9. The van der Waals surface area contributed by atoms with E-state index in [0.717, 1.165) is 18.5 Å².